The monoisotopic (exact) mass is 420 g/mol. The maximum absolute atomic E-state index is 13.2. The summed E-state index contributed by atoms with van der Waals surface area (Å²) in [6.07, 6.45) is 3.50. The number of carbonyl (C=O) groups is 1. The van der Waals surface area contributed by atoms with Crippen LogP contribution < -0.4 is 20.3 Å². The van der Waals surface area contributed by atoms with Crippen molar-refractivity contribution in [2.24, 2.45) is 0 Å². The van der Waals surface area contributed by atoms with Crippen LogP contribution in [0, 0.1) is 13.8 Å². The molecule has 1 aliphatic heterocycles. The smallest absolute Gasteiger partial charge is 0.316 e. The van der Waals surface area contributed by atoms with Gasteiger partial charge in [0.2, 0.25) is 0 Å². The highest BCUT2D eigenvalue weighted by molar-refractivity contribution is 6.14. The molecule has 1 aliphatic rings. The molecule has 162 valence electrons. The number of piperazine rings is 1. The summed E-state index contributed by atoms with van der Waals surface area (Å²) in [6, 6.07) is 6.64. The Bertz CT molecular complexity index is 1120. The second-order valence-corrected chi connectivity index (χ2v) is 8.22. The molecule has 1 amide bonds. The summed E-state index contributed by atoms with van der Waals surface area (Å²) in [5.74, 6) is -0.229. The van der Waals surface area contributed by atoms with Gasteiger partial charge in [-0.05, 0) is 51.5 Å². The number of anilines is 2. The highest BCUT2D eigenvalue weighted by Crippen LogP contribution is 2.31. The second-order valence-electron chi connectivity index (χ2n) is 8.22. The van der Waals surface area contributed by atoms with Crippen LogP contribution in [0.1, 0.15) is 35.5 Å². The topological polar surface area (TPSA) is 92.3 Å². The second kappa shape index (κ2) is 8.47. The van der Waals surface area contributed by atoms with E-state index in [9.17, 15) is 4.79 Å². The zero-order chi connectivity index (χ0) is 22.1. The van der Waals surface area contributed by atoms with Crippen LogP contribution in [0.5, 0.6) is 6.01 Å². The fraction of sp³-hybridized carbons (Fsp3) is 0.391. The first-order chi connectivity index (χ1) is 14.9. The van der Waals surface area contributed by atoms with Crippen molar-refractivity contribution in [3.63, 3.8) is 0 Å². The lowest BCUT2D eigenvalue weighted by Crippen LogP contribution is -2.54. The van der Waals surface area contributed by atoms with Gasteiger partial charge in [-0.15, -0.1) is 0 Å². The number of aryl methyl sites for hydroxylation is 2. The van der Waals surface area contributed by atoms with Gasteiger partial charge >= 0.3 is 6.01 Å². The molecule has 2 aromatic heterocycles. The highest BCUT2D eigenvalue weighted by atomic mass is 16.5. The van der Waals surface area contributed by atoms with E-state index in [1.165, 1.54) is 7.11 Å². The van der Waals surface area contributed by atoms with Crippen molar-refractivity contribution in [2.45, 2.75) is 39.8 Å². The lowest BCUT2D eigenvalue weighted by atomic mass is 10.0. The van der Waals surface area contributed by atoms with Crippen molar-refractivity contribution >= 4 is 28.2 Å². The number of ether oxygens (including phenoxy) is 1. The molecule has 0 saturated carbocycles. The first-order valence-electron chi connectivity index (χ1n) is 10.4. The van der Waals surface area contributed by atoms with Crippen molar-refractivity contribution < 1.29 is 9.53 Å². The SMILES string of the molecule is COc1ncc2c(N3C[C@@H](C)N[C@H](C)C3)ccc(C(=O)Nc3cc(C)ncc3C)c2n1. The maximum atomic E-state index is 13.2. The first-order valence-corrected chi connectivity index (χ1v) is 10.4. The number of amides is 1. The molecule has 2 atom stereocenters. The molecule has 4 rings (SSSR count). The van der Waals surface area contributed by atoms with Crippen molar-refractivity contribution in [1.82, 2.24) is 20.3 Å². The van der Waals surface area contributed by atoms with Crippen molar-refractivity contribution in [1.29, 1.82) is 0 Å². The van der Waals surface area contributed by atoms with Gasteiger partial charge in [-0.25, -0.2) is 4.98 Å². The van der Waals surface area contributed by atoms with Crippen LogP contribution in [-0.2, 0) is 0 Å². The molecule has 0 unspecified atom stereocenters. The van der Waals surface area contributed by atoms with Gasteiger partial charge in [0.15, 0.2) is 0 Å². The minimum Gasteiger partial charge on any atom is -0.467 e. The predicted octanol–water partition coefficient (Wildman–Crippen LogP) is 3.09. The number of fused-ring (bicyclic) bond motifs is 1. The minimum absolute atomic E-state index is 0.229. The van der Waals surface area contributed by atoms with Crippen LogP contribution in [0.2, 0.25) is 0 Å². The third-order valence-electron chi connectivity index (χ3n) is 5.52. The fourth-order valence-corrected chi connectivity index (χ4v) is 4.12. The Balaban J connectivity index is 1.77. The van der Waals surface area contributed by atoms with E-state index in [-0.39, 0.29) is 11.9 Å². The highest BCUT2D eigenvalue weighted by Gasteiger charge is 2.24. The number of carbonyl (C=O) groups excluding carboxylic acids is 1. The summed E-state index contributed by atoms with van der Waals surface area (Å²) in [7, 11) is 1.52. The van der Waals surface area contributed by atoms with Gasteiger partial charge < -0.3 is 20.3 Å². The normalized spacial score (nSPS) is 18.8. The van der Waals surface area contributed by atoms with E-state index in [0.29, 0.717) is 23.2 Å². The van der Waals surface area contributed by atoms with E-state index in [4.69, 9.17) is 4.74 Å². The molecule has 0 bridgehead atoms. The molecule has 0 aliphatic carbocycles. The van der Waals surface area contributed by atoms with E-state index in [0.717, 1.165) is 41.1 Å². The van der Waals surface area contributed by atoms with Gasteiger partial charge in [0.05, 0.1) is 18.2 Å². The Morgan fingerprint density at radius 2 is 1.90 bits per heavy atom. The number of benzene rings is 1. The molecule has 3 aromatic rings. The molecule has 8 heteroatoms. The Labute approximate surface area is 182 Å². The molecule has 0 radical (unpaired) electrons. The number of nitrogens with zero attached hydrogens (tertiary/aromatic N) is 4. The zero-order valence-corrected chi connectivity index (χ0v) is 18.6. The summed E-state index contributed by atoms with van der Waals surface area (Å²) < 4.78 is 5.24. The van der Waals surface area contributed by atoms with Crippen LogP contribution in [0.25, 0.3) is 10.9 Å². The zero-order valence-electron chi connectivity index (χ0n) is 18.6. The molecule has 2 N–H and O–H groups in total. The Morgan fingerprint density at radius 1 is 1.16 bits per heavy atom. The number of methoxy groups -OCH3 is 1. The summed E-state index contributed by atoms with van der Waals surface area (Å²) >= 11 is 0. The van der Waals surface area contributed by atoms with Crippen LogP contribution in [0.3, 0.4) is 0 Å². The molecule has 0 spiro atoms. The Hall–Kier alpha value is -3.26. The van der Waals surface area contributed by atoms with Gasteiger partial charge in [0.25, 0.3) is 5.91 Å². The van der Waals surface area contributed by atoms with Crippen molar-refractivity contribution in [3.05, 3.63) is 47.4 Å². The Morgan fingerprint density at radius 3 is 2.61 bits per heavy atom. The van der Waals surface area contributed by atoms with Crippen LogP contribution >= 0.6 is 0 Å². The molecule has 31 heavy (non-hydrogen) atoms. The van der Waals surface area contributed by atoms with Crippen molar-refractivity contribution in [2.75, 3.05) is 30.4 Å². The van der Waals surface area contributed by atoms with Gasteiger partial charge in [-0.3, -0.25) is 9.78 Å². The van der Waals surface area contributed by atoms with E-state index < -0.39 is 0 Å². The van der Waals surface area contributed by atoms with Gasteiger partial charge in [0, 0.05) is 60.0 Å². The molecule has 8 nitrogen and oxygen atoms in total. The summed E-state index contributed by atoms with van der Waals surface area (Å²) in [5.41, 5.74) is 4.54. The third-order valence-corrected chi connectivity index (χ3v) is 5.52. The number of pyridine rings is 1. The molecular weight excluding hydrogens is 392 g/mol. The van der Waals surface area contributed by atoms with E-state index in [1.807, 2.05) is 32.0 Å². The van der Waals surface area contributed by atoms with Crippen LogP contribution in [0.4, 0.5) is 11.4 Å². The number of rotatable bonds is 4. The number of hydrogen-bond donors (Lipinski definition) is 2. The lowest BCUT2D eigenvalue weighted by molar-refractivity contribution is 0.102. The van der Waals surface area contributed by atoms with E-state index >= 15 is 0 Å². The fourth-order valence-electron chi connectivity index (χ4n) is 4.12. The average molecular weight is 421 g/mol. The van der Waals surface area contributed by atoms with E-state index in [2.05, 4.69) is 44.3 Å². The standard InChI is InChI=1S/C23H28N6O2/c1-13-9-24-14(2)8-19(13)27-22(30)17-6-7-20(29-11-15(3)26-16(4)12-29)18-10-25-23(31-5)28-21(17)18/h6-10,15-16,26H,11-12H2,1-5H3,(H,24,27,30)/t15-,16-/m1/s1. The van der Waals surface area contributed by atoms with Gasteiger partial charge in [-0.2, -0.15) is 4.98 Å². The van der Waals surface area contributed by atoms with Gasteiger partial charge in [0.1, 0.15) is 0 Å². The third kappa shape index (κ3) is 4.29. The van der Waals surface area contributed by atoms with Crippen LogP contribution in [-0.4, -0.2) is 53.1 Å². The maximum Gasteiger partial charge on any atom is 0.316 e. The largest absolute Gasteiger partial charge is 0.467 e. The molecule has 1 saturated heterocycles. The van der Waals surface area contributed by atoms with E-state index in [1.54, 1.807) is 12.4 Å². The molecule has 1 fully saturated rings. The molecule has 1 aromatic carbocycles. The number of hydrogen-bond acceptors (Lipinski definition) is 7. The lowest BCUT2D eigenvalue weighted by Gasteiger charge is -2.38. The number of nitrogens with one attached hydrogen (secondary N) is 2. The summed E-state index contributed by atoms with van der Waals surface area (Å²) in [4.78, 5) is 28.7. The van der Waals surface area contributed by atoms with Gasteiger partial charge in [-0.1, -0.05) is 0 Å². The quantitative estimate of drug-likeness (QED) is 0.670. The number of aromatic nitrogens is 3. The summed E-state index contributed by atoms with van der Waals surface area (Å²) in [6.45, 7) is 9.89. The molecular formula is C23H28N6O2. The predicted molar refractivity (Wildman–Crippen MR) is 122 cm³/mol. The first kappa shape index (κ1) is 21.0. The Kier molecular flexibility index (Phi) is 5.73. The minimum atomic E-state index is -0.229. The van der Waals surface area contributed by atoms with Crippen molar-refractivity contribution in [3.8, 4) is 6.01 Å². The summed E-state index contributed by atoms with van der Waals surface area (Å²) in [5, 5.41) is 7.39. The van der Waals surface area contributed by atoms with Crippen LogP contribution in [0.15, 0.2) is 30.6 Å². The molecule has 3 heterocycles. The average Bonchev–Trinajstić information content (AvgIpc) is 2.74.